The number of halogens is 3. The van der Waals surface area contributed by atoms with Crippen LogP contribution in [0.5, 0.6) is 0 Å². The summed E-state index contributed by atoms with van der Waals surface area (Å²) in [6.07, 6.45) is -4.14. The lowest BCUT2D eigenvalue weighted by Crippen LogP contribution is -2.33. The first kappa shape index (κ1) is 19.8. The Morgan fingerprint density at radius 1 is 0.962 bits per heavy atom. The Balaban J connectivity index is 1.77. The summed E-state index contributed by atoms with van der Waals surface area (Å²) < 4.78 is 36.3. The van der Waals surface area contributed by atoms with Gasteiger partial charge in [0.1, 0.15) is 6.54 Å². The van der Waals surface area contributed by atoms with Crippen LogP contribution in [0.3, 0.4) is 0 Å². The molecule has 2 aromatic carbocycles. The minimum atomic E-state index is -4.46. The Kier molecular flexibility index (Phi) is 7.08. The van der Waals surface area contributed by atoms with E-state index in [1.165, 1.54) is 24.3 Å². The van der Waals surface area contributed by atoms with Crippen LogP contribution >= 0.6 is 11.8 Å². The topological polar surface area (TPSA) is 58.2 Å². The SMILES string of the molecule is O=C(CCSc1ccccc1)Nc1ccc(C(=O)NCC(F)(F)F)cc1. The number of thioether (sulfide) groups is 1. The number of amides is 2. The zero-order valence-corrected chi connectivity index (χ0v) is 14.5. The number of benzene rings is 2. The van der Waals surface area contributed by atoms with E-state index in [1.54, 1.807) is 17.1 Å². The van der Waals surface area contributed by atoms with Gasteiger partial charge in [0.15, 0.2) is 0 Å². The third-order valence-electron chi connectivity index (χ3n) is 3.22. The molecule has 0 fully saturated rings. The number of nitrogens with one attached hydrogen (secondary N) is 2. The molecule has 0 radical (unpaired) electrons. The van der Waals surface area contributed by atoms with E-state index in [0.29, 0.717) is 17.9 Å². The highest BCUT2D eigenvalue weighted by Gasteiger charge is 2.27. The Labute approximate surface area is 153 Å². The van der Waals surface area contributed by atoms with Gasteiger partial charge in [0.25, 0.3) is 5.91 Å². The molecule has 0 aliphatic heterocycles. The Hall–Kier alpha value is -2.48. The number of anilines is 1. The molecule has 0 aliphatic rings. The van der Waals surface area contributed by atoms with Crippen molar-refractivity contribution in [2.24, 2.45) is 0 Å². The quantitative estimate of drug-likeness (QED) is 0.709. The summed E-state index contributed by atoms with van der Waals surface area (Å²) in [4.78, 5) is 24.6. The summed E-state index contributed by atoms with van der Waals surface area (Å²) in [5, 5.41) is 4.48. The summed E-state index contributed by atoms with van der Waals surface area (Å²) in [5.41, 5.74) is 0.568. The van der Waals surface area contributed by atoms with Crippen LogP contribution in [-0.2, 0) is 4.79 Å². The number of hydrogen-bond acceptors (Lipinski definition) is 3. The van der Waals surface area contributed by atoms with E-state index in [9.17, 15) is 22.8 Å². The van der Waals surface area contributed by atoms with Crippen LogP contribution in [0, 0.1) is 0 Å². The molecule has 0 saturated heterocycles. The molecule has 0 aliphatic carbocycles. The van der Waals surface area contributed by atoms with Crippen LogP contribution < -0.4 is 10.6 Å². The molecule has 0 unspecified atom stereocenters. The fourth-order valence-corrected chi connectivity index (χ4v) is 2.86. The predicted octanol–water partition coefficient (Wildman–Crippen LogP) is 4.10. The molecule has 0 bridgehead atoms. The van der Waals surface area contributed by atoms with Gasteiger partial charge in [0, 0.05) is 28.3 Å². The van der Waals surface area contributed by atoms with E-state index >= 15 is 0 Å². The van der Waals surface area contributed by atoms with Crippen LogP contribution in [0.1, 0.15) is 16.8 Å². The van der Waals surface area contributed by atoms with E-state index in [-0.39, 0.29) is 11.5 Å². The van der Waals surface area contributed by atoms with E-state index in [1.807, 2.05) is 30.3 Å². The van der Waals surface area contributed by atoms with Crippen molar-refractivity contribution in [1.82, 2.24) is 5.32 Å². The van der Waals surface area contributed by atoms with Crippen LogP contribution in [0.25, 0.3) is 0 Å². The van der Waals surface area contributed by atoms with Crippen molar-refractivity contribution in [3.63, 3.8) is 0 Å². The fourth-order valence-electron chi connectivity index (χ4n) is 1.99. The monoisotopic (exact) mass is 382 g/mol. The van der Waals surface area contributed by atoms with E-state index in [4.69, 9.17) is 0 Å². The lowest BCUT2D eigenvalue weighted by atomic mass is 10.2. The molecular formula is C18H17F3N2O2S. The maximum absolute atomic E-state index is 12.1. The van der Waals surface area contributed by atoms with Gasteiger partial charge in [0.05, 0.1) is 0 Å². The van der Waals surface area contributed by atoms with Crippen molar-refractivity contribution < 1.29 is 22.8 Å². The highest BCUT2D eigenvalue weighted by Crippen LogP contribution is 2.18. The summed E-state index contributed by atoms with van der Waals surface area (Å²) >= 11 is 1.57. The van der Waals surface area contributed by atoms with E-state index in [2.05, 4.69) is 5.32 Å². The van der Waals surface area contributed by atoms with Crippen LogP contribution in [0.4, 0.5) is 18.9 Å². The Bertz CT molecular complexity index is 734. The molecule has 8 heteroatoms. The molecule has 0 spiro atoms. The molecule has 0 atom stereocenters. The van der Waals surface area contributed by atoms with Crippen molar-refractivity contribution >= 4 is 29.3 Å². The molecule has 138 valence electrons. The van der Waals surface area contributed by atoms with Crippen LogP contribution in [-0.4, -0.2) is 30.3 Å². The lowest BCUT2D eigenvalue weighted by Gasteiger charge is -2.09. The number of alkyl halides is 3. The summed E-state index contributed by atoms with van der Waals surface area (Å²) in [6, 6.07) is 15.4. The molecule has 0 aromatic heterocycles. The standard InChI is InChI=1S/C18H17F3N2O2S/c19-18(20,21)12-22-17(25)13-6-8-14(9-7-13)23-16(24)10-11-26-15-4-2-1-3-5-15/h1-9H,10-12H2,(H,22,25)(H,23,24). The summed E-state index contributed by atoms with van der Waals surface area (Å²) in [7, 11) is 0. The number of carbonyl (C=O) groups is 2. The van der Waals surface area contributed by atoms with Crippen LogP contribution in [0.15, 0.2) is 59.5 Å². The van der Waals surface area contributed by atoms with Gasteiger partial charge in [-0.2, -0.15) is 13.2 Å². The maximum atomic E-state index is 12.1. The van der Waals surface area contributed by atoms with Gasteiger partial charge in [0.2, 0.25) is 5.91 Å². The minimum Gasteiger partial charge on any atom is -0.343 e. The molecule has 26 heavy (non-hydrogen) atoms. The first-order valence-electron chi connectivity index (χ1n) is 7.76. The second-order valence-electron chi connectivity index (χ2n) is 5.33. The van der Waals surface area contributed by atoms with Crippen molar-refractivity contribution in [1.29, 1.82) is 0 Å². The van der Waals surface area contributed by atoms with Crippen molar-refractivity contribution in [3.05, 3.63) is 60.2 Å². The zero-order valence-electron chi connectivity index (χ0n) is 13.7. The van der Waals surface area contributed by atoms with Gasteiger partial charge < -0.3 is 10.6 Å². The van der Waals surface area contributed by atoms with Crippen LogP contribution in [0.2, 0.25) is 0 Å². The fraction of sp³-hybridized carbons (Fsp3) is 0.222. The summed E-state index contributed by atoms with van der Waals surface area (Å²) in [5.74, 6) is -0.379. The van der Waals surface area contributed by atoms with Crippen molar-refractivity contribution in [3.8, 4) is 0 Å². The zero-order chi connectivity index (χ0) is 19.0. The molecule has 0 saturated carbocycles. The average Bonchev–Trinajstić information content (AvgIpc) is 2.60. The highest BCUT2D eigenvalue weighted by molar-refractivity contribution is 7.99. The van der Waals surface area contributed by atoms with Crippen molar-refractivity contribution in [2.75, 3.05) is 17.6 Å². The molecule has 2 N–H and O–H groups in total. The smallest absolute Gasteiger partial charge is 0.343 e. The van der Waals surface area contributed by atoms with Gasteiger partial charge in [-0.3, -0.25) is 9.59 Å². The van der Waals surface area contributed by atoms with Gasteiger partial charge >= 0.3 is 6.18 Å². The Morgan fingerprint density at radius 2 is 1.62 bits per heavy atom. The summed E-state index contributed by atoms with van der Waals surface area (Å²) in [6.45, 7) is -1.39. The largest absolute Gasteiger partial charge is 0.405 e. The highest BCUT2D eigenvalue weighted by atomic mass is 32.2. The predicted molar refractivity (Wildman–Crippen MR) is 95.2 cm³/mol. The van der Waals surface area contributed by atoms with Gasteiger partial charge in [-0.05, 0) is 36.4 Å². The molecule has 2 aromatic rings. The lowest BCUT2D eigenvalue weighted by molar-refractivity contribution is -0.123. The molecule has 4 nitrogen and oxygen atoms in total. The van der Waals surface area contributed by atoms with Gasteiger partial charge in [-0.25, -0.2) is 0 Å². The average molecular weight is 382 g/mol. The van der Waals surface area contributed by atoms with E-state index in [0.717, 1.165) is 4.90 Å². The second-order valence-corrected chi connectivity index (χ2v) is 6.50. The first-order valence-corrected chi connectivity index (χ1v) is 8.75. The molecule has 0 heterocycles. The van der Waals surface area contributed by atoms with Gasteiger partial charge in [-0.15, -0.1) is 11.8 Å². The maximum Gasteiger partial charge on any atom is 0.405 e. The number of carbonyl (C=O) groups excluding carboxylic acids is 2. The number of hydrogen-bond donors (Lipinski definition) is 2. The third kappa shape index (κ3) is 7.18. The molecule has 2 amide bonds. The third-order valence-corrected chi connectivity index (χ3v) is 4.24. The van der Waals surface area contributed by atoms with Gasteiger partial charge in [-0.1, -0.05) is 18.2 Å². The number of rotatable bonds is 7. The first-order chi connectivity index (χ1) is 12.3. The minimum absolute atomic E-state index is 0.0897. The Morgan fingerprint density at radius 3 is 2.23 bits per heavy atom. The second kappa shape index (κ2) is 9.28. The molecule has 2 rings (SSSR count). The van der Waals surface area contributed by atoms with E-state index < -0.39 is 18.6 Å². The molecular weight excluding hydrogens is 365 g/mol. The van der Waals surface area contributed by atoms with Crippen molar-refractivity contribution in [2.45, 2.75) is 17.5 Å². The normalized spacial score (nSPS) is 11.0.